The zero-order chi connectivity index (χ0) is 9.74. The Kier molecular flexibility index (Phi) is 1.74. The largest absolute Gasteiger partial charge is 0.388 e. The van der Waals surface area contributed by atoms with Crippen LogP contribution in [-0.2, 0) is 0 Å². The van der Waals surface area contributed by atoms with E-state index in [4.69, 9.17) is 5.73 Å². The SMILES string of the molecule is NC1(C2(O)CCC(F)(F)CC2)CC1. The van der Waals surface area contributed by atoms with Gasteiger partial charge in [0.05, 0.1) is 5.60 Å². The summed E-state index contributed by atoms with van der Waals surface area (Å²) < 4.78 is 25.6. The molecule has 2 aliphatic carbocycles. The molecule has 2 aliphatic rings. The van der Waals surface area contributed by atoms with Crippen LogP contribution in [0.15, 0.2) is 0 Å². The highest BCUT2D eigenvalue weighted by atomic mass is 19.3. The molecular weight excluding hydrogens is 176 g/mol. The van der Waals surface area contributed by atoms with E-state index < -0.39 is 17.1 Å². The molecule has 2 nitrogen and oxygen atoms in total. The minimum absolute atomic E-state index is 0.149. The van der Waals surface area contributed by atoms with E-state index >= 15 is 0 Å². The lowest BCUT2D eigenvalue weighted by molar-refractivity contribution is -0.116. The van der Waals surface area contributed by atoms with Crippen molar-refractivity contribution in [2.24, 2.45) is 5.73 Å². The van der Waals surface area contributed by atoms with Gasteiger partial charge in [-0.2, -0.15) is 0 Å². The lowest BCUT2D eigenvalue weighted by atomic mass is 9.76. The molecule has 3 N–H and O–H groups in total. The summed E-state index contributed by atoms with van der Waals surface area (Å²) in [6.07, 6.45) is 1.40. The predicted molar refractivity (Wildman–Crippen MR) is 44.5 cm³/mol. The maximum absolute atomic E-state index is 12.8. The fourth-order valence-electron chi connectivity index (χ4n) is 2.13. The van der Waals surface area contributed by atoms with E-state index in [1.165, 1.54) is 0 Å². The third-order valence-electron chi connectivity index (χ3n) is 3.52. The van der Waals surface area contributed by atoms with E-state index in [1.54, 1.807) is 0 Å². The van der Waals surface area contributed by atoms with Gasteiger partial charge in [0.25, 0.3) is 0 Å². The Bertz CT molecular complexity index is 216. The van der Waals surface area contributed by atoms with E-state index in [-0.39, 0.29) is 25.7 Å². The summed E-state index contributed by atoms with van der Waals surface area (Å²) in [5, 5.41) is 10.0. The topological polar surface area (TPSA) is 46.2 Å². The highest BCUT2D eigenvalue weighted by molar-refractivity contribution is 5.15. The first-order valence-electron chi connectivity index (χ1n) is 4.76. The zero-order valence-electron chi connectivity index (χ0n) is 7.52. The summed E-state index contributed by atoms with van der Waals surface area (Å²) in [5.41, 5.74) is 4.28. The summed E-state index contributed by atoms with van der Waals surface area (Å²) in [7, 11) is 0. The Labute approximate surface area is 76.1 Å². The number of alkyl halides is 2. The third kappa shape index (κ3) is 1.46. The summed E-state index contributed by atoms with van der Waals surface area (Å²) in [6, 6.07) is 0. The molecule has 0 aliphatic heterocycles. The van der Waals surface area contributed by atoms with Gasteiger partial charge in [-0.3, -0.25) is 0 Å². The molecule has 13 heavy (non-hydrogen) atoms. The van der Waals surface area contributed by atoms with Gasteiger partial charge in [0.1, 0.15) is 0 Å². The number of hydrogen-bond donors (Lipinski definition) is 2. The van der Waals surface area contributed by atoms with E-state index in [2.05, 4.69) is 0 Å². The average molecular weight is 191 g/mol. The second-order valence-electron chi connectivity index (χ2n) is 4.54. The van der Waals surface area contributed by atoms with Crippen molar-refractivity contribution in [3.05, 3.63) is 0 Å². The lowest BCUT2D eigenvalue weighted by Crippen LogP contribution is -2.53. The van der Waals surface area contributed by atoms with Crippen molar-refractivity contribution in [3.63, 3.8) is 0 Å². The van der Waals surface area contributed by atoms with Gasteiger partial charge in [0, 0.05) is 18.4 Å². The van der Waals surface area contributed by atoms with Gasteiger partial charge in [-0.05, 0) is 25.7 Å². The second-order valence-corrected chi connectivity index (χ2v) is 4.54. The van der Waals surface area contributed by atoms with Crippen LogP contribution >= 0.6 is 0 Å². The van der Waals surface area contributed by atoms with Gasteiger partial charge >= 0.3 is 0 Å². The molecule has 0 amide bonds. The molecule has 0 unspecified atom stereocenters. The molecule has 0 saturated heterocycles. The summed E-state index contributed by atoms with van der Waals surface area (Å²) in [6.45, 7) is 0. The first-order valence-corrected chi connectivity index (χ1v) is 4.76. The summed E-state index contributed by atoms with van der Waals surface area (Å²) >= 11 is 0. The standard InChI is InChI=1S/C9H15F2NO/c10-9(11)5-3-8(13,4-6-9)7(12)1-2-7/h13H,1-6,12H2. The van der Waals surface area contributed by atoms with Crippen molar-refractivity contribution in [1.29, 1.82) is 0 Å². The molecular formula is C9H15F2NO. The minimum atomic E-state index is -2.59. The van der Waals surface area contributed by atoms with Crippen LogP contribution in [0.2, 0.25) is 0 Å². The normalized spacial score (nSPS) is 34.2. The molecule has 0 atom stereocenters. The fraction of sp³-hybridized carbons (Fsp3) is 1.00. The average Bonchev–Trinajstić information content (AvgIpc) is 2.77. The highest BCUT2D eigenvalue weighted by Gasteiger charge is 2.58. The molecule has 4 heteroatoms. The van der Waals surface area contributed by atoms with Crippen molar-refractivity contribution in [2.45, 2.75) is 55.6 Å². The first kappa shape index (κ1) is 9.34. The molecule has 0 aromatic rings. The van der Waals surface area contributed by atoms with Crippen molar-refractivity contribution < 1.29 is 13.9 Å². The Balaban J connectivity index is 2.04. The Hall–Kier alpha value is -0.220. The fourth-order valence-corrected chi connectivity index (χ4v) is 2.13. The van der Waals surface area contributed by atoms with Gasteiger partial charge < -0.3 is 10.8 Å². The highest BCUT2D eigenvalue weighted by Crippen LogP contribution is 2.51. The van der Waals surface area contributed by atoms with Crippen molar-refractivity contribution in [1.82, 2.24) is 0 Å². The number of rotatable bonds is 1. The number of halogens is 2. The molecule has 0 aromatic carbocycles. The number of nitrogens with two attached hydrogens (primary N) is 1. The van der Waals surface area contributed by atoms with Crippen LogP contribution < -0.4 is 5.73 Å². The first-order chi connectivity index (χ1) is 5.87. The molecule has 2 fully saturated rings. The molecule has 0 spiro atoms. The van der Waals surface area contributed by atoms with Crippen LogP contribution in [-0.4, -0.2) is 22.2 Å². The maximum Gasteiger partial charge on any atom is 0.248 e. The zero-order valence-corrected chi connectivity index (χ0v) is 7.52. The Morgan fingerprint density at radius 3 is 1.77 bits per heavy atom. The van der Waals surface area contributed by atoms with Gasteiger partial charge in [-0.1, -0.05) is 0 Å². The van der Waals surface area contributed by atoms with Crippen molar-refractivity contribution >= 4 is 0 Å². The second kappa shape index (κ2) is 2.42. The molecule has 0 radical (unpaired) electrons. The quantitative estimate of drug-likeness (QED) is 0.658. The van der Waals surface area contributed by atoms with Crippen LogP contribution in [0.4, 0.5) is 8.78 Å². The Morgan fingerprint density at radius 1 is 0.923 bits per heavy atom. The van der Waals surface area contributed by atoms with Gasteiger partial charge in [0.15, 0.2) is 0 Å². The maximum atomic E-state index is 12.8. The minimum Gasteiger partial charge on any atom is -0.388 e. The molecule has 2 rings (SSSR count). The van der Waals surface area contributed by atoms with E-state index in [9.17, 15) is 13.9 Å². The Morgan fingerprint density at radius 2 is 1.38 bits per heavy atom. The number of aliphatic hydroxyl groups is 1. The molecule has 2 saturated carbocycles. The van der Waals surface area contributed by atoms with Gasteiger partial charge in [0.2, 0.25) is 5.92 Å². The van der Waals surface area contributed by atoms with Crippen LogP contribution in [0.5, 0.6) is 0 Å². The smallest absolute Gasteiger partial charge is 0.248 e. The summed E-state index contributed by atoms with van der Waals surface area (Å²) in [5.74, 6) is -2.59. The van der Waals surface area contributed by atoms with Crippen LogP contribution in [0.25, 0.3) is 0 Å². The lowest BCUT2D eigenvalue weighted by Gasteiger charge is -2.40. The monoisotopic (exact) mass is 191 g/mol. The number of hydrogen-bond acceptors (Lipinski definition) is 2. The van der Waals surface area contributed by atoms with Gasteiger partial charge in [-0.15, -0.1) is 0 Å². The van der Waals surface area contributed by atoms with Crippen LogP contribution in [0, 0.1) is 0 Å². The van der Waals surface area contributed by atoms with E-state index in [1.807, 2.05) is 0 Å². The third-order valence-corrected chi connectivity index (χ3v) is 3.52. The van der Waals surface area contributed by atoms with E-state index in [0.29, 0.717) is 0 Å². The predicted octanol–water partition coefficient (Wildman–Crippen LogP) is 1.42. The van der Waals surface area contributed by atoms with E-state index in [0.717, 1.165) is 12.8 Å². The molecule has 76 valence electrons. The van der Waals surface area contributed by atoms with Crippen molar-refractivity contribution in [3.8, 4) is 0 Å². The van der Waals surface area contributed by atoms with Crippen LogP contribution in [0.3, 0.4) is 0 Å². The van der Waals surface area contributed by atoms with Gasteiger partial charge in [-0.25, -0.2) is 8.78 Å². The van der Waals surface area contributed by atoms with Crippen molar-refractivity contribution in [2.75, 3.05) is 0 Å². The summed E-state index contributed by atoms with van der Waals surface area (Å²) in [4.78, 5) is 0. The molecule has 0 aromatic heterocycles. The van der Waals surface area contributed by atoms with Crippen LogP contribution in [0.1, 0.15) is 38.5 Å². The molecule has 0 heterocycles. The molecule has 0 bridgehead atoms.